The number of H-pyrrole nitrogens is 1. The molecule has 6 heteroatoms. The fourth-order valence-corrected chi connectivity index (χ4v) is 1.85. The van der Waals surface area contributed by atoms with Crippen molar-refractivity contribution >= 4 is 23.2 Å². The molecule has 0 saturated carbocycles. The molecule has 1 aromatic carbocycles. The number of nitrogen functional groups attached to an aromatic ring is 1. The van der Waals surface area contributed by atoms with Gasteiger partial charge in [-0.1, -0.05) is 11.6 Å². The molecule has 1 heterocycles. The molecule has 0 fully saturated rings. The Morgan fingerprint density at radius 2 is 2.28 bits per heavy atom. The van der Waals surface area contributed by atoms with Crippen molar-refractivity contribution in [1.82, 2.24) is 15.3 Å². The van der Waals surface area contributed by atoms with Gasteiger partial charge in [-0.3, -0.25) is 4.79 Å². The summed E-state index contributed by atoms with van der Waals surface area (Å²) in [7, 11) is 0. The van der Waals surface area contributed by atoms with E-state index in [2.05, 4.69) is 15.3 Å². The Hall–Kier alpha value is -2.01. The number of carbonyl (C=O) groups excluding carboxylic acids is 1. The van der Waals surface area contributed by atoms with Crippen LogP contribution in [-0.4, -0.2) is 15.9 Å². The number of halogens is 1. The van der Waals surface area contributed by atoms with E-state index < -0.39 is 0 Å². The van der Waals surface area contributed by atoms with Crippen LogP contribution in [0.4, 0.5) is 5.69 Å². The molecular formula is C12H13ClN4O. The minimum atomic E-state index is -0.242. The maximum absolute atomic E-state index is 12.0. The second kappa shape index (κ2) is 5.10. The van der Waals surface area contributed by atoms with Crippen LogP contribution in [-0.2, 0) is 0 Å². The lowest BCUT2D eigenvalue weighted by atomic mass is 10.1. The third-order valence-corrected chi connectivity index (χ3v) is 2.68. The Bertz CT molecular complexity index is 533. The summed E-state index contributed by atoms with van der Waals surface area (Å²) in [6.07, 6.45) is 3.34. The van der Waals surface area contributed by atoms with Gasteiger partial charge in [-0.2, -0.15) is 0 Å². The lowest BCUT2D eigenvalue weighted by molar-refractivity contribution is 0.0938. The molecule has 0 aliphatic heterocycles. The highest BCUT2D eigenvalue weighted by Crippen LogP contribution is 2.17. The van der Waals surface area contributed by atoms with Crippen LogP contribution < -0.4 is 11.1 Å². The average molecular weight is 265 g/mol. The van der Waals surface area contributed by atoms with E-state index in [0.717, 1.165) is 0 Å². The van der Waals surface area contributed by atoms with Gasteiger partial charge >= 0.3 is 0 Å². The first-order valence-electron chi connectivity index (χ1n) is 5.42. The average Bonchev–Trinajstić information content (AvgIpc) is 2.80. The molecule has 0 bridgehead atoms. The van der Waals surface area contributed by atoms with Crippen LogP contribution in [0.3, 0.4) is 0 Å². The lowest BCUT2D eigenvalue weighted by Crippen LogP contribution is -2.27. The molecule has 2 rings (SSSR count). The number of nitrogens with two attached hydrogens (primary N) is 1. The molecule has 18 heavy (non-hydrogen) atoms. The molecule has 0 aliphatic carbocycles. The van der Waals surface area contributed by atoms with E-state index in [9.17, 15) is 4.79 Å². The van der Waals surface area contributed by atoms with Crippen molar-refractivity contribution in [2.24, 2.45) is 0 Å². The monoisotopic (exact) mass is 264 g/mol. The molecule has 94 valence electrons. The number of aromatic nitrogens is 2. The fourth-order valence-electron chi connectivity index (χ4n) is 1.61. The fraction of sp³-hybridized carbons (Fsp3) is 0.167. The molecule has 0 spiro atoms. The van der Waals surface area contributed by atoms with Crippen LogP contribution >= 0.6 is 11.6 Å². The van der Waals surface area contributed by atoms with E-state index in [1.54, 1.807) is 30.6 Å². The summed E-state index contributed by atoms with van der Waals surface area (Å²) in [5.74, 6) is 0.450. The zero-order chi connectivity index (χ0) is 13.1. The second-order valence-electron chi connectivity index (χ2n) is 3.94. The zero-order valence-electron chi connectivity index (χ0n) is 9.77. The molecule has 0 aliphatic rings. The highest BCUT2D eigenvalue weighted by atomic mass is 35.5. The first-order valence-corrected chi connectivity index (χ1v) is 5.80. The summed E-state index contributed by atoms with van der Waals surface area (Å²) in [4.78, 5) is 19.0. The number of aromatic amines is 1. The van der Waals surface area contributed by atoms with Crippen LogP contribution in [0, 0.1) is 0 Å². The predicted molar refractivity (Wildman–Crippen MR) is 70.3 cm³/mol. The van der Waals surface area contributed by atoms with Crippen LogP contribution in [0.1, 0.15) is 29.1 Å². The van der Waals surface area contributed by atoms with Crippen LogP contribution in [0.15, 0.2) is 30.6 Å². The van der Waals surface area contributed by atoms with Crippen LogP contribution in [0.25, 0.3) is 0 Å². The van der Waals surface area contributed by atoms with Crippen LogP contribution in [0.5, 0.6) is 0 Å². The van der Waals surface area contributed by atoms with Gasteiger partial charge in [-0.05, 0) is 25.1 Å². The maximum atomic E-state index is 12.0. The van der Waals surface area contributed by atoms with Gasteiger partial charge in [0.15, 0.2) is 0 Å². The van der Waals surface area contributed by atoms with Gasteiger partial charge in [-0.25, -0.2) is 4.98 Å². The van der Waals surface area contributed by atoms with Crippen molar-refractivity contribution in [1.29, 1.82) is 0 Å². The number of nitrogens with zero attached hydrogens (tertiary/aromatic N) is 1. The smallest absolute Gasteiger partial charge is 0.251 e. The zero-order valence-corrected chi connectivity index (χ0v) is 10.5. The van der Waals surface area contributed by atoms with Gasteiger partial charge in [-0.15, -0.1) is 0 Å². The predicted octanol–water partition coefficient (Wildman–Crippen LogP) is 2.14. The molecule has 1 aromatic heterocycles. The first kappa shape index (κ1) is 12.4. The number of hydrogen-bond acceptors (Lipinski definition) is 3. The van der Waals surface area contributed by atoms with Gasteiger partial charge < -0.3 is 16.0 Å². The van der Waals surface area contributed by atoms with Gasteiger partial charge in [0.2, 0.25) is 0 Å². The van der Waals surface area contributed by atoms with Gasteiger partial charge in [0.05, 0.1) is 6.04 Å². The number of amides is 1. The first-order chi connectivity index (χ1) is 8.56. The number of carbonyl (C=O) groups is 1. The summed E-state index contributed by atoms with van der Waals surface area (Å²) in [5.41, 5.74) is 6.53. The molecule has 4 N–H and O–H groups in total. The van der Waals surface area contributed by atoms with Gasteiger partial charge in [0.1, 0.15) is 5.82 Å². The van der Waals surface area contributed by atoms with E-state index in [-0.39, 0.29) is 11.9 Å². The Morgan fingerprint density at radius 3 is 2.89 bits per heavy atom. The van der Waals surface area contributed by atoms with E-state index in [0.29, 0.717) is 22.1 Å². The summed E-state index contributed by atoms with van der Waals surface area (Å²) >= 11 is 5.85. The van der Waals surface area contributed by atoms with Crippen molar-refractivity contribution in [3.05, 3.63) is 47.0 Å². The standard InChI is InChI=1S/C12H13ClN4O/c1-7(11-15-2-3-16-11)17-12(18)8-4-9(13)6-10(14)5-8/h2-7H,14H2,1H3,(H,15,16)(H,17,18). The number of benzene rings is 1. The largest absolute Gasteiger partial charge is 0.399 e. The van der Waals surface area contributed by atoms with Crippen molar-refractivity contribution < 1.29 is 4.79 Å². The van der Waals surface area contributed by atoms with E-state index in [1.165, 1.54) is 0 Å². The van der Waals surface area contributed by atoms with Crippen molar-refractivity contribution in [2.45, 2.75) is 13.0 Å². The summed E-state index contributed by atoms with van der Waals surface area (Å²) in [5, 5.41) is 3.24. The SMILES string of the molecule is CC(NC(=O)c1cc(N)cc(Cl)c1)c1ncc[nH]1. The molecule has 1 unspecified atom stereocenters. The highest BCUT2D eigenvalue weighted by molar-refractivity contribution is 6.31. The Kier molecular flexibility index (Phi) is 3.53. The molecule has 2 aromatic rings. The minimum Gasteiger partial charge on any atom is -0.399 e. The summed E-state index contributed by atoms with van der Waals surface area (Å²) in [6, 6.07) is 4.53. The highest BCUT2D eigenvalue weighted by Gasteiger charge is 2.13. The summed E-state index contributed by atoms with van der Waals surface area (Å²) < 4.78 is 0. The number of anilines is 1. The van der Waals surface area contributed by atoms with Gasteiger partial charge in [0, 0.05) is 28.7 Å². The molecule has 0 radical (unpaired) electrons. The minimum absolute atomic E-state index is 0.215. The third kappa shape index (κ3) is 2.81. The van der Waals surface area contributed by atoms with Gasteiger partial charge in [0.25, 0.3) is 5.91 Å². The second-order valence-corrected chi connectivity index (χ2v) is 4.38. The van der Waals surface area contributed by atoms with Crippen molar-refractivity contribution in [3.63, 3.8) is 0 Å². The van der Waals surface area contributed by atoms with Crippen molar-refractivity contribution in [3.8, 4) is 0 Å². The quantitative estimate of drug-likeness (QED) is 0.743. The molecular weight excluding hydrogens is 252 g/mol. The molecule has 5 nitrogen and oxygen atoms in total. The van der Waals surface area contributed by atoms with Crippen molar-refractivity contribution in [2.75, 3.05) is 5.73 Å². The Labute approximate surface area is 109 Å². The number of imidazole rings is 1. The van der Waals surface area contributed by atoms with E-state index in [4.69, 9.17) is 17.3 Å². The van der Waals surface area contributed by atoms with E-state index in [1.807, 2.05) is 6.92 Å². The Morgan fingerprint density at radius 1 is 1.50 bits per heavy atom. The Balaban J connectivity index is 2.12. The number of rotatable bonds is 3. The van der Waals surface area contributed by atoms with E-state index >= 15 is 0 Å². The normalized spacial score (nSPS) is 12.1. The number of hydrogen-bond donors (Lipinski definition) is 3. The molecule has 1 amide bonds. The molecule has 1 atom stereocenters. The maximum Gasteiger partial charge on any atom is 0.251 e. The van der Waals surface area contributed by atoms with Crippen LogP contribution in [0.2, 0.25) is 5.02 Å². The lowest BCUT2D eigenvalue weighted by Gasteiger charge is -2.12. The number of nitrogens with one attached hydrogen (secondary N) is 2. The molecule has 0 saturated heterocycles. The topological polar surface area (TPSA) is 83.8 Å². The summed E-state index contributed by atoms with van der Waals surface area (Å²) in [6.45, 7) is 1.84. The third-order valence-electron chi connectivity index (χ3n) is 2.46.